The third kappa shape index (κ3) is 3.34. The molecule has 128 valence electrons. The predicted octanol–water partition coefficient (Wildman–Crippen LogP) is 5.16. The number of amides is 1. The van der Waals surface area contributed by atoms with Crippen molar-refractivity contribution in [3.63, 3.8) is 0 Å². The number of para-hydroxylation sites is 1. The first-order valence-corrected chi connectivity index (χ1v) is 8.85. The molecule has 5 nitrogen and oxygen atoms in total. The first-order chi connectivity index (χ1) is 12.6. The zero-order valence-electron chi connectivity index (χ0n) is 13.2. The van der Waals surface area contributed by atoms with Crippen LogP contribution in [-0.4, -0.2) is 17.1 Å². The average Bonchev–Trinajstić information content (AvgIpc) is 3.05. The van der Waals surface area contributed by atoms with Crippen molar-refractivity contribution in [1.29, 1.82) is 0 Å². The predicted molar refractivity (Wildman–Crippen MR) is 106 cm³/mol. The molecule has 0 saturated heterocycles. The van der Waals surface area contributed by atoms with Crippen molar-refractivity contribution >= 4 is 61.5 Å². The standard InChI is InChI=1S/C19H11BrClN3O2/c20-14-5-6-16-12(8-14)9-17(26-16)19(25)24-22-10-13-7-11-3-1-2-4-15(11)23-18(13)21/h1-10H,(H,24,25). The van der Waals surface area contributed by atoms with Crippen LogP contribution in [0, 0.1) is 0 Å². The van der Waals surface area contributed by atoms with E-state index in [1.165, 1.54) is 6.21 Å². The van der Waals surface area contributed by atoms with Crippen LogP contribution in [0.4, 0.5) is 0 Å². The van der Waals surface area contributed by atoms with Gasteiger partial charge in [0, 0.05) is 20.8 Å². The molecule has 2 aromatic heterocycles. The molecule has 2 aromatic carbocycles. The maximum Gasteiger partial charge on any atom is 0.307 e. The van der Waals surface area contributed by atoms with Crippen molar-refractivity contribution < 1.29 is 9.21 Å². The molecule has 0 aliphatic heterocycles. The van der Waals surface area contributed by atoms with Gasteiger partial charge in [-0.25, -0.2) is 10.4 Å². The molecule has 0 aliphatic carbocycles. The summed E-state index contributed by atoms with van der Waals surface area (Å²) in [6, 6.07) is 16.7. The van der Waals surface area contributed by atoms with E-state index in [2.05, 4.69) is 31.4 Å². The van der Waals surface area contributed by atoms with E-state index in [1.807, 2.05) is 42.5 Å². The minimum absolute atomic E-state index is 0.179. The summed E-state index contributed by atoms with van der Waals surface area (Å²) in [6.45, 7) is 0. The SMILES string of the molecule is O=C(NN=Cc1cc2ccccc2nc1Cl)c1cc2cc(Br)ccc2o1. The summed E-state index contributed by atoms with van der Waals surface area (Å²) < 4.78 is 6.44. The van der Waals surface area contributed by atoms with Gasteiger partial charge in [-0.2, -0.15) is 5.10 Å². The summed E-state index contributed by atoms with van der Waals surface area (Å²) in [4.78, 5) is 16.5. The Bertz CT molecular complexity index is 1170. The highest BCUT2D eigenvalue weighted by atomic mass is 79.9. The second kappa shape index (κ2) is 6.90. The van der Waals surface area contributed by atoms with Crippen molar-refractivity contribution in [2.24, 2.45) is 5.10 Å². The van der Waals surface area contributed by atoms with Crippen LogP contribution in [0.2, 0.25) is 5.15 Å². The van der Waals surface area contributed by atoms with Gasteiger partial charge in [-0.3, -0.25) is 4.79 Å². The number of rotatable bonds is 3. The van der Waals surface area contributed by atoms with E-state index in [4.69, 9.17) is 16.0 Å². The van der Waals surface area contributed by atoms with Gasteiger partial charge in [-0.05, 0) is 36.4 Å². The van der Waals surface area contributed by atoms with E-state index in [9.17, 15) is 4.79 Å². The van der Waals surface area contributed by atoms with E-state index in [-0.39, 0.29) is 5.76 Å². The summed E-state index contributed by atoms with van der Waals surface area (Å²) in [7, 11) is 0. The summed E-state index contributed by atoms with van der Waals surface area (Å²) in [5.74, 6) is -0.267. The van der Waals surface area contributed by atoms with Crippen LogP contribution < -0.4 is 5.43 Å². The van der Waals surface area contributed by atoms with E-state index in [0.29, 0.717) is 16.3 Å². The normalized spacial score (nSPS) is 11.5. The number of aromatic nitrogens is 1. The second-order valence-corrected chi connectivity index (χ2v) is 6.83. The summed E-state index contributed by atoms with van der Waals surface area (Å²) >= 11 is 9.55. The number of pyridine rings is 1. The maximum atomic E-state index is 12.2. The molecular formula is C19H11BrClN3O2. The molecule has 1 amide bonds. The fourth-order valence-corrected chi connectivity index (χ4v) is 3.11. The number of halogens is 2. The van der Waals surface area contributed by atoms with Crippen molar-refractivity contribution in [2.45, 2.75) is 0 Å². The van der Waals surface area contributed by atoms with Crippen LogP contribution in [-0.2, 0) is 0 Å². The van der Waals surface area contributed by atoms with E-state index >= 15 is 0 Å². The monoisotopic (exact) mass is 427 g/mol. The van der Waals surface area contributed by atoms with Crippen LogP contribution in [0.5, 0.6) is 0 Å². The molecule has 26 heavy (non-hydrogen) atoms. The fraction of sp³-hybridized carbons (Fsp3) is 0. The lowest BCUT2D eigenvalue weighted by atomic mass is 10.2. The largest absolute Gasteiger partial charge is 0.451 e. The number of carbonyl (C=O) groups excluding carboxylic acids is 1. The highest BCUT2D eigenvalue weighted by Gasteiger charge is 2.12. The zero-order chi connectivity index (χ0) is 18.1. The topological polar surface area (TPSA) is 67.5 Å². The van der Waals surface area contributed by atoms with Gasteiger partial charge >= 0.3 is 5.91 Å². The van der Waals surface area contributed by atoms with Gasteiger partial charge in [-0.1, -0.05) is 45.7 Å². The summed E-state index contributed by atoms with van der Waals surface area (Å²) in [6.07, 6.45) is 1.46. The molecule has 0 saturated carbocycles. The third-order valence-electron chi connectivity index (χ3n) is 3.78. The van der Waals surface area contributed by atoms with Crippen molar-refractivity contribution in [2.75, 3.05) is 0 Å². The lowest BCUT2D eigenvalue weighted by Crippen LogP contribution is -2.16. The Balaban J connectivity index is 1.54. The molecular weight excluding hydrogens is 418 g/mol. The number of benzene rings is 2. The zero-order valence-corrected chi connectivity index (χ0v) is 15.6. The summed E-state index contributed by atoms with van der Waals surface area (Å²) in [5, 5.41) is 6.04. The molecule has 0 unspecified atom stereocenters. The number of hydrogen-bond acceptors (Lipinski definition) is 4. The number of fused-ring (bicyclic) bond motifs is 2. The Morgan fingerprint density at radius 1 is 1.15 bits per heavy atom. The minimum atomic E-state index is -0.446. The van der Waals surface area contributed by atoms with Crippen LogP contribution in [0.15, 0.2) is 68.6 Å². The number of nitrogens with zero attached hydrogens (tertiary/aromatic N) is 2. The first-order valence-electron chi connectivity index (χ1n) is 7.68. The Kier molecular flexibility index (Phi) is 4.44. The van der Waals surface area contributed by atoms with Crippen LogP contribution in [0.1, 0.15) is 16.1 Å². The molecule has 0 atom stereocenters. The number of furan rings is 1. The fourth-order valence-electron chi connectivity index (χ4n) is 2.54. The van der Waals surface area contributed by atoms with Gasteiger partial charge in [0.2, 0.25) is 0 Å². The lowest BCUT2D eigenvalue weighted by Gasteiger charge is -2.01. The molecule has 0 bridgehead atoms. The lowest BCUT2D eigenvalue weighted by molar-refractivity contribution is 0.0929. The minimum Gasteiger partial charge on any atom is -0.451 e. The van der Waals surface area contributed by atoms with Crippen LogP contribution in [0.3, 0.4) is 0 Å². The van der Waals surface area contributed by atoms with E-state index in [1.54, 1.807) is 12.1 Å². The molecule has 2 heterocycles. The second-order valence-electron chi connectivity index (χ2n) is 5.55. The number of hydrogen-bond donors (Lipinski definition) is 1. The highest BCUT2D eigenvalue weighted by molar-refractivity contribution is 9.10. The number of nitrogens with one attached hydrogen (secondary N) is 1. The average molecular weight is 429 g/mol. The van der Waals surface area contributed by atoms with E-state index < -0.39 is 5.91 Å². The highest BCUT2D eigenvalue weighted by Crippen LogP contribution is 2.23. The smallest absolute Gasteiger partial charge is 0.307 e. The quantitative estimate of drug-likeness (QED) is 0.278. The van der Waals surface area contributed by atoms with Gasteiger partial charge in [0.15, 0.2) is 5.76 Å². The molecule has 0 radical (unpaired) electrons. The first kappa shape index (κ1) is 16.8. The van der Waals surface area contributed by atoms with Gasteiger partial charge in [0.1, 0.15) is 10.7 Å². The van der Waals surface area contributed by atoms with Gasteiger partial charge in [0.25, 0.3) is 0 Å². The molecule has 0 spiro atoms. The molecule has 7 heteroatoms. The van der Waals surface area contributed by atoms with E-state index in [0.717, 1.165) is 20.8 Å². The van der Waals surface area contributed by atoms with Gasteiger partial charge in [-0.15, -0.1) is 0 Å². The Hall–Kier alpha value is -2.70. The Morgan fingerprint density at radius 3 is 2.88 bits per heavy atom. The molecule has 0 aliphatic rings. The molecule has 0 fully saturated rings. The van der Waals surface area contributed by atoms with Crippen molar-refractivity contribution in [3.05, 3.63) is 75.5 Å². The maximum absolute atomic E-state index is 12.2. The molecule has 1 N–H and O–H groups in total. The summed E-state index contributed by atoms with van der Waals surface area (Å²) in [5.41, 5.74) is 4.47. The van der Waals surface area contributed by atoms with Crippen LogP contribution >= 0.6 is 27.5 Å². The van der Waals surface area contributed by atoms with Gasteiger partial charge in [0.05, 0.1) is 11.7 Å². The Morgan fingerprint density at radius 2 is 2.00 bits per heavy atom. The molecule has 4 aromatic rings. The Labute approximate surface area is 161 Å². The number of hydrazone groups is 1. The van der Waals surface area contributed by atoms with Crippen molar-refractivity contribution in [1.82, 2.24) is 10.4 Å². The number of carbonyl (C=O) groups is 1. The third-order valence-corrected chi connectivity index (χ3v) is 4.57. The van der Waals surface area contributed by atoms with Crippen molar-refractivity contribution in [3.8, 4) is 0 Å². The van der Waals surface area contributed by atoms with Gasteiger partial charge < -0.3 is 4.42 Å². The molecule has 4 rings (SSSR count). The van der Waals surface area contributed by atoms with Crippen LogP contribution in [0.25, 0.3) is 21.9 Å².